The number of nitrogens with one attached hydrogen (secondary N) is 1. The van der Waals surface area contributed by atoms with Crippen LogP contribution in [0, 0.1) is 6.92 Å². The van der Waals surface area contributed by atoms with Crippen molar-refractivity contribution in [2.75, 3.05) is 13.1 Å². The number of carbonyl (C=O) groups is 1. The Balaban J connectivity index is 1.65. The molecule has 0 unspecified atom stereocenters. The van der Waals surface area contributed by atoms with Gasteiger partial charge in [-0.15, -0.1) is 0 Å². The zero-order valence-corrected chi connectivity index (χ0v) is 15.1. The third kappa shape index (κ3) is 4.08. The van der Waals surface area contributed by atoms with Gasteiger partial charge in [-0.25, -0.2) is 8.42 Å². The van der Waals surface area contributed by atoms with Gasteiger partial charge in [0, 0.05) is 25.2 Å². The number of sulfonamides is 1. The molecule has 5 nitrogen and oxygen atoms in total. The van der Waals surface area contributed by atoms with E-state index >= 15 is 0 Å². The smallest absolute Gasteiger partial charge is 0.251 e. The molecule has 132 valence electrons. The van der Waals surface area contributed by atoms with Gasteiger partial charge in [-0.1, -0.05) is 29.8 Å². The molecule has 0 saturated carbocycles. The molecule has 0 radical (unpaired) electrons. The predicted octanol–water partition coefficient (Wildman–Crippen LogP) is 2.71. The summed E-state index contributed by atoms with van der Waals surface area (Å²) in [6, 6.07) is 14.1. The highest BCUT2D eigenvalue weighted by Crippen LogP contribution is 2.21. The molecule has 2 aromatic rings. The zero-order chi connectivity index (χ0) is 17.9. The first-order valence-electron chi connectivity index (χ1n) is 8.41. The van der Waals surface area contributed by atoms with E-state index < -0.39 is 10.0 Å². The van der Waals surface area contributed by atoms with Crippen LogP contribution in [0.25, 0.3) is 0 Å². The van der Waals surface area contributed by atoms with Crippen molar-refractivity contribution in [3.05, 3.63) is 65.2 Å². The number of carbonyl (C=O) groups excluding carboxylic acids is 1. The van der Waals surface area contributed by atoms with Crippen molar-refractivity contribution >= 4 is 15.9 Å². The van der Waals surface area contributed by atoms with Gasteiger partial charge in [0.05, 0.1) is 4.90 Å². The normalized spacial score (nSPS) is 15.2. The topological polar surface area (TPSA) is 66.5 Å². The molecule has 0 atom stereocenters. The highest BCUT2D eigenvalue weighted by atomic mass is 32.2. The van der Waals surface area contributed by atoms with Gasteiger partial charge in [0.2, 0.25) is 10.0 Å². The van der Waals surface area contributed by atoms with Gasteiger partial charge in [0.15, 0.2) is 0 Å². The Morgan fingerprint density at radius 3 is 2.20 bits per heavy atom. The van der Waals surface area contributed by atoms with E-state index in [1.165, 1.54) is 22.0 Å². The summed E-state index contributed by atoms with van der Waals surface area (Å²) in [6.45, 7) is 3.59. The monoisotopic (exact) mass is 358 g/mol. The summed E-state index contributed by atoms with van der Waals surface area (Å²) in [5, 5.41) is 2.85. The van der Waals surface area contributed by atoms with E-state index in [2.05, 4.69) is 5.32 Å². The van der Waals surface area contributed by atoms with Crippen LogP contribution >= 0.6 is 0 Å². The first-order chi connectivity index (χ1) is 12.0. The Morgan fingerprint density at radius 1 is 1.00 bits per heavy atom. The van der Waals surface area contributed by atoms with E-state index in [0.717, 1.165) is 18.4 Å². The van der Waals surface area contributed by atoms with Gasteiger partial charge in [-0.2, -0.15) is 4.31 Å². The predicted molar refractivity (Wildman–Crippen MR) is 96.8 cm³/mol. The van der Waals surface area contributed by atoms with Crippen LogP contribution in [0.3, 0.4) is 0 Å². The summed E-state index contributed by atoms with van der Waals surface area (Å²) in [5.41, 5.74) is 2.64. The lowest BCUT2D eigenvalue weighted by Gasteiger charge is -2.15. The van der Waals surface area contributed by atoms with Crippen LogP contribution in [0.4, 0.5) is 0 Å². The van der Waals surface area contributed by atoms with Crippen molar-refractivity contribution in [3.63, 3.8) is 0 Å². The second-order valence-electron chi connectivity index (χ2n) is 6.30. The average Bonchev–Trinajstić information content (AvgIpc) is 3.16. The largest absolute Gasteiger partial charge is 0.348 e. The van der Waals surface area contributed by atoms with Crippen LogP contribution in [0.15, 0.2) is 53.4 Å². The molecule has 3 rings (SSSR count). The van der Waals surface area contributed by atoms with E-state index in [-0.39, 0.29) is 10.8 Å². The number of aryl methyl sites for hydroxylation is 1. The van der Waals surface area contributed by atoms with Gasteiger partial charge in [0.25, 0.3) is 5.91 Å². The van der Waals surface area contributed by atoms with E-state index in [1.54, 1.807) is 12.1 Å². The highest BCUT2D eigenvalue weighted by Gasteiger charge is 2.27. The second kappa shape index (κ2) is 7.37. The maximum atomic E-state index is 12.5. The average molecular weight is 358 g/mol. The lowest BCUT2D eigenvalue weighted by molar-refractivity contribution is 0.0951. The van der Waals surface area contributed by atoms with Gasteiger partial charge in [0.1, 0.15) is 0 Å². The Morgan fingerprint density at radius 2 is 1.60 bits per heavy atom. The molecule has 0 bridgehead atoms. The first kappa shape index (κ1) is 17.6. The van der Waals surface area contributed by atoms with Crippen molar-refractivity contribution < 1.29 is 13.2 Å². The Bertz CT molecular complexity index is 837. The Hall–Kier alpha value is -2.18. The van der Waals surface area contributed by atoms with Crippen molar-refractivity contribution in [1.29, 1.82) is 0 Å². The van der Waals surface area contributed by atoms with Crippen LogP contribution in [0.2, 0.25) is 0 Å². The Kier molecular flexibility index (Phi) is 5.20. The molecule has 1 saturated heterocycles. The van der Waals surface area contributed by atoms with Crippen molar-refractivity contribution in [2.24, 2.45) is 0 Å². The molecule has 2 aromatic carbocycles. The third-order valence-electron chi connectivity index (χ3n) is 4.39. The third-order valence-corrected chi connectivity index (χ3v) is 6.31. The lowest BCUT2D eigenvalue weighted by atomic mass is 10.1. The maximum absolute atomic E-state index is 12.5. The molecule has 0 spiro atoms. The number of amides is 1. The van der Waals surface area contributed by atoms with Gasteiger partial charge in [-0.3, -0.25) is 4.79 Å². The molecule has 1 fully saturated rings. The molecule has 25 heavy (non-hydrogen) atoms. The summed E-state index contributed by atoms with van der Waals surface area (Å²) in [6.07, 6.45) is 1.80. The van der Waals surface area contributed by atoms with Crippen LogP contribution in [-0.2, 0) is 16.6 Å². The zero-order valence-electron chi connectivity index (χ0n) is 14.2. The summed E-state index contributed by atoms with van der Waals surface area (Å²) in [5.74, 6) is -0.217. The second-order valence-corrected chi connectivity index (χ2v) is 8.24. The van der Waals surface area contributed by atoms with E-state index in [9.17, 15) is 13.2 Å². The minimum Gasteiger partial charge on any atom is -0.348 e. The van der Waals surface area contributed by atoms with Crippen LogP contribution < -0.4 is 5.32 Å². The number of nitrogens with zero attached hydrogens (tertiary/aromatic N) is 1. The van der Waals surface area contributed by atoms with Crippen LogP contribution in [0.1, 0.15) is 34.3 Å². The standard InChI is InChI=1S/C19H22N2O3S/c1-15-4-6-16(7-5-15)14-20-19(22)17-8-10-18(11-9-17)25(23,24)21-12-2-3-13-21/h4-11H,2-3,12-14H2,1H3,(H,20,22). The van der Waals surface area contributed by atoms with Crippen LogP contribution in [-0.4, -0.2) is 31.7 Å². The Labute approximate surface area is 148 Å². The number of rotatable bonds is 5. The van der Waals surface area contributed by atoms with Crippen molar-refractivity contribution in [2.45, 2.75) is 31.2 Å². The van der Waals surface area contributed by atoms with E-state index in [0.29, 0.717) is 25.2 Å². The van der Waals surface area contributed by atoms with Gasteiger partial charge in [-0.05, 0) is 49.6 Å². The summed E-state index contributed by atoms with van der Waals surface area (Å²) >= 11 is 0. The van der Waals surface area contributed by atoms with Crippen molar-refractivity contribution in [3.8, 4) is 0 Å². The first-order valence-corrected chi connectivity index (χ1v) is 9.85. The minimum absolute atomic E-state index is 0.217. The molecular weight excluding hydrogens is 336 g/mol. The maximum Gasteiger partial charge on any atom is 0.251 e. The van der Waals surface area contributed by atoms with Gasteiger partial charge < -0.3 is 5.32 Å². The summed E-state index contributed by atoms with van der Waals surface area (Å²) in [7, 11) is -3.44. The molecule has 0 aromatic heterocycles. The number of benzene rings is 2. The molecule has 1 aliphatic heterocycles. The fourth-order valence-corrected chi connectivity index (χ4v) is 4.36. The minimum atomic E-state index is -3.44. The lowest BCUT2D eigenvalue weighted by Crippen LogP contribution is -2.28. The summed E-state index contributed by atoms with van der Waals surface area (Å²) < 4.78 is 26.5. The van der Waals surface area contributed by atoms with Crippen molar-refractivity contribution in [1.82, 2.24) is 9.62 Å². The van der Waals surface area contributed by atoms with E-state index in [1.807, 2.05) is 31.2 Å². The number of hydrogen-bond acceptors (Lipinski definition) is 3. The molecule has 1 N–H and O–H groups in total. The molecule has 0 aliphatic carbocycles. The fraction of sp³-hybridized carbons (Fsp3) is 0.316. The molecule has 1 amide bonds. The summed E-state index contributed by atoms with van der Waals surface area (Å²) in [4.78, 5) is 12.5. The van der Waals surface area contributed by atoms with Crippen LogP contribution in [0.5, 0.6) is 0 Å². The fourth-order valence-electron chi connectivity index (χ4n) is 2.85. The SMILES string of the molecule is Cc1ccc(CNC(=O)c2ccc(S(=O)(=O)N3CCCC3)cc2)cc1. The van der Waals surface area contributed by atoms with Gasteiger partial charge >= 0.3 is 0 Å². The highest BCUT2D eigenvalue weighted by molar-refractivity contribution is 7.89. The number of hydrogen-bond donors (Lipinski definition) is 1. The molecule has 6 heteroatoms. The van der Waals surface area contributed by atoms with E-state index in [4.69, 9.17) is 0 Å². The molecular formula is C19H22N2O3S. The molecule has 1 aliphatic rings. The quantitative estimate of drug-likeness (QED) is 0.894. The molecule has 1 heterocycles.